The zero-order chi connectivity index (χ0) is 14.5. The number of guanidine groups is 1. The van der Waals surface area contributed by atoms with Crippen molar-refractivity contribution in [3.8, 4) is 0 Å². The smallest absolute Gasteiger partial charge is 0.190 e. The van der Waals surface area contributed by atoms with Crippen molar-refractivity contribution in [3.63, 3.8) is 0 Å². The van der Waals surface area contributed by atoms with Crippen molar-refractivity contribution in [2.24, 2.45) is 10.9 Å². The molecule has 0 radical (unpaired) electrons. The van der Waals surface area contributed by atoms with Crippen molar-refractivity contribution < 1.29 is 9.47 Å². The first-order chi connectivity index (χ1) is 9.86. The van der Waals surface area contributed by atoms with E-state index in [0.29, 0.717) is 5.92 Å². The monoisotopic (exact) mass is 413 g/mol. The van der Waals surface area contributed by atoms with Crippen molar-refractivity contribution in [2.75, 3.05) is 46.6 Å². The van der Waals surface area contributed by atoms with Gasteiger partial charge >= 0.3 is 0 Å². The number of hydrogen-bond acceptors (Lipinski definition) is 3. The second kappa shape index (κ2) is 14.8. The van der Waals surface area contributed by atoms with Crippen molar-refractivity contribution in [1.82, 2.24) is 10.6 Å². The highest BCUT2D eigenvalue weighted by Gasteiger charge is 2.13. The molecule has 0 aromatic rings. The lowest BCUT2D eigenvalue weighted by Crippen LogP contribution is -2.38. The van der Waals surface area contributed by atoms with E-state index in [9.17, 15) is 0 Å². The summed E-state index contributed by atoms with van der Waals surface area (Å²) in [4.78, 5) is 4.19. The second-order valence-electron chi connectivity index (χ2n) is 5.26. The quantitative estimate of drug-likeness (QED) is 0.264. The minimum Gasteiger partial charge on any atom is -0.381 e. The molecular formula is C15H32IN3O2. The summed E-state index contributed by atoms with van der Waals surface area (Å²) in [7, 11) is 1.81. The Morgan fingerprint density at radius 3 is 2.48 bits per heavy atom. The van der Waals surface area contributed by atoms with Crippen LogP contribution >= 0.6 is 24.0 Å². The van der Waals surface area contributed by atoms with E-state index in [2.05, 4.69) is 22.5 Å². The van der Waals surface area contributed by atoms with E-state index in [1.807, 2.05) is 7.05 Å². The van der Waals surface area contributed by atoms with Gasteiger partial charge in [0.25, 0.3) is 0 Å². The van der Waals surface area contributed by atoms with Gasteiger partial charge in [-0.1, -0.05) is 13.3 Å². The van der Waals surface area contributed by atoms with Gasteiger partial charge in [-0.3, -0.25) is 4.99 Å². The van der Waals surface area contributed by atoms with Crippen LogP contribution in [0.1, 0.15) is 39.0 Å². The average Bonchev–Trinajstić information content (AvgIpc) is 2.50. The number of hydrogen-bond donors (Lipinski definition) is 2. The molecular weight excluding hydrogens is 381 g/mol. The molecule has 2 N–H and O–H groups in total. The molecule has 21 heavy (non-hydrogen) atoms. The molecule has 1 rings (SSSR count). The zero-order valence-corrected chi connectivity index (χ0v) is 15.9. The third kappa shape index (κ3) is 11.2. The molecule has 0 saturated carbocycles. The van der Waals surface area contributed by atoms with Gasteiger partial charge in [-0.15, -0.1) is 24.0 Å². The Morgan fingerprint density at radius 1 is 1.19 bits per heavy atom. The lowest BCUT2D eigenvalue weighted by Gasteiger charge is -2.21. The molecule has 0 unspecified atom stereocenters. The number of unbranched alkanes of at least 4 members (excludes halogenated alkanes) is 1. The summed E-state index contributed by atoms with van der Waals surface area (Å²) >= 11 is 0. The molecule has 1 saturated heterocycles. The first-order valence-electron chi connectivity index (χ1n) is 7.96. The maximum atomic E-state index is 5.73. The van der Waals surface area contributed by atoms with Gasteiger partial charge in [0.1, 0.15) is 0 Å². The molecule has 0 spiro atoms. The number of aliphatic imine (C=N–C) groups is 1. The highest BCUT2D eigenvalue weighted by molar-refractivity contribution is 14.0. The summed E-state index contributed by atoms with van der Waals surface area (Å²) in [5.74, 6) is 1.59. The molecule has 0 aromatic carbocycles. The van der Waals surface area contributed by atoms with E-state index >= 15 is 0 Å². The molecule has 0 aliphatic carbocycles. The molecule has 0 aromatic heterocycles. The maximum absolute atomic E-state index is 5.73. The summed E-state index contributed by atoms with van der Waals surface area (Å²) in [6.45, 7) is 7.57. The SMILES string of the molecule is CCCCNC(=NC)NCCCOCC1CCOCC1.I. The minimum absolute atomic E-state index is 0. The zero-order valence-electron chi connectivity index (χ0n) is 13.5. The Kier molecular flexibility index (Phi) is 14.8. The van der Waals surface area contributed by atoms with E-state index in [0.717, 1.165) is 64.7 Å². The minimum atomic E-state index is 0. The molecule has 5 nitrogen and oxygen atoms in total. The van der Waals surface area contributed by atoms with Crippen LogP contribution in [0.5, 0.6) is 0 Å². The second-order valence-corrected chi connectivity index (χ2v) is 5.26. The molecule has 1 aliphatic rings. The molecule has 0 amide bonds. The molecule has 1 heterocycles. The average molecular weight is 413 g/mol. The van der Waals surface area contributed by atoms with E-state index in [4.69, 9.17) is 9.47 Å². The van der Waals surface area contributed by atoms with E-state index < -0.39 is 0 Å². The van der Waals surface area contributed by atoms with Crippen LogP contribution in [-0.2, 0) is 9.47 Å². The third-order valence-electron chi connectivity index (χ3n) is 3.50. The van der Waals surface area contributed by atoms with Crippen LogP contribution in [0.4, 0.5) is 0 Å². The lowest BCUT2D eigenvalue weighted by molar-refractivity contribution is 0.0203. The molecule has 0 atom stereocenters. The fourth-order valence-corrected chi connectivity index (χ4v) is 2.15. The Bertz CT molecular complexity index is 259. The Labute approximate surface area is 146 Å². The van der Waals surface area contributed by atoms with Gasteiger partial charge in [0.2, 0.25) is 0 Å². The molecule has 126 valence electrons. The predicted molar refractivity (Wildman–Crippen MR) is 98.7 cm³/mol. The van der Waals surface area contributed by atoms with E-state index in [1.54, 1.807) is 0 Å². The number of ether oxygens (including phenoxy) is 2. The van der Waals surface area contributed by atoms with Crippen LogP contribution < -0.4 is 10.6 Å². The predicted octanol–water partition coefficient (Wildman–Crippen LogP) is 2.40. The van der Waals surface area contributed by atoms with Gasteiger partial charge in [0.05, 0.1) is 0 Å². The molecule has 6 heteroatoms. The van der Waals surface area contributed by atoms with Crippen molar-refractivity contribution >= 4 is 29.9 Å². The van der Waals surface area contributed by atoms with Crippen molar-refractivity contribution in [3.05, 3.63) is 0 Å². The van der Waals surface area contributed by atoms with Crippen molar-refractivity contribution in [2.45, 2.75) is 39.0 Å². The molecule has 1 aliphatic heterocycles. The van der Waals surface area contributed by atoms with Crippen LogP contribution in [0.15, 0.2) is 4.99 Å². The fourth-order valence-electron chi connectivity index (χ4n) is 2.15. The third-order valence-corrected chi connectivity index (χ3v) is 3.50. The van der Waals surface area contributed by atoms with E-state index in [-0.39, 0.29) is 24.0 Å². The van der Waals surface area contributed by atoms with Gasteiger partial charge < -0.3 is 20.1 Å². The van der Waals surface area contributed by atoms with Gasteiger partial charge in [-0.2, -0.15) is 0 Å². The van der Waals surface area contributed by atoms with Gasteiger partial charge in [0, 0.05) is 46.6 Å². The fraction of sp³-hybridized carbons (Fsp3) is 0.933. The number of rotatable bonds is 9. The standard InChI is InChI=1S/C15H31N3O2.HI/c1-3-4-8-17-15(16-2)18-9-5-10-20-13-14-6-11-19-12-7-14;/h14H,3-13H2,1-2H3,(H2,16,17,18);1H. The topological polar surface area (TPSA) is 54.9 Å². The largest absolute Gasteiger partial charge is 0.381 e. The summed E-state index contributed by atoms with van der Waals surface area (Å²) < 4.78 is 11.1. The van der Waals surface area contributed by atoms with Gasteiger partial charge in [-0.05, 0) is 31.6 Å². The summed E-state index contributed by atoms with van der Waals surface area (Å²) in [6, 6.07) is 0. The number of nitrogens with zero attached hydrogens (tertiary/aromatic N) is 1. The Hall–Kier alpha value is -0.0800. The first-order valence-corrected chi connectivity index (χ1v) is 7.96. The molecule has 1 fully saturated rings. The lowest BCUT2D eigenvalue weighted by atomic mass is 10.0. The molecule has 0 bridgehead atoms. The summed E-state index contributed by atoms with van der Waals surface area (Å²) in [5.41, 5.74) is 0. The Balaban J connectivity index is 0.00000400. The maximum Gasteiger partial charge on any atom is 0.190 e. The summed E-state index contributed by atoms with van der Waals surface area (Å²) in [6.07, 6.45) is 5.68. The highest BCUT2D eigenvalue weighted by Crippen LogP contribution is 2.14. The van der Waals surface area contributed by atoms with Crippen LogP contribution in [-0.4, -0.2) is 52.5 Å². The Morgan fingerprint density at radius 2 is 1.86 bits per heavy atom. The normalized spacial score (nSPS) is 16.4. The van der Waals surface area contributed by atoms with Crippen LogP contribution in [0.2, 0.25) is 0 Å². The number of halogens is 1. The van der Waals surface area contributed by atoms with Gasteiger partial charge in [0.15, 0.2) is 5.96 Å². The highest BCUT2D eigenvalue weighted by atomic mass is 127. The van der Waals surface area contributed by atoms with Gasteiger partial charge in [-0.25, -0.2) is 0 Å². The van der Waals surface area contributed by atoms with E-state index in [1.165, 1.54) is 12.8 Å². The number of nitrogens with one attached hydrogen (secondary N) is 2. The van der Waals surface area contributed by atoms with Crippen LogP contribution in [0.3, 0.4) is 0 Å². The van der Waals surface area contributed by atoms with Crippen molar-refractivity contribution in [1.29, 1.82) is 0 Å². The van der Waals surface area contributed by atoms with Crippen LogP contribution in [0, 0.1) is 5.92 Å². The summed E-state index contributed by atoms with van der Waals surface area (Å²) in [5, 5.41) is 6.60. The van der Waals surface area contributed by atoms with Crippen LogP contribution in [0.25, 0.3) is 0 Å². The first kappa shape index (κ1) is 20.9.